The fourth-order valence-corrected chi connectivity index (χ4v) is 3.08. The number of benzene rings is 1. The molecule has 0 spiro atoms. The molecule has 8 heteroatoms. The van der Waals surface area contributed by atoms with Gasteiger partial charge in [-0.1, -0.05) is 17.7 Å². The number of sulfonamides is 1. The number of ether oxygens (including phenoxy) is 1. The number of hydrogen-bond donors (Lipinski definition) is 1. The highest BCUT2D eigenvalue weighted by Gasteiger charge is 2.35. The lowest BCUT2D eigenvalue weighted by atomic mass is 9.99. The second-order valence-corrected chi connectivity index (χ2v) is 6.15. The van der Waals surface area contributed by atoms with Crippen molar-refractivity contribution in [2.75, 3.05) is 11.3 Å². The second kappa shape index (κ2) is 7.31. The van der Waals surface area contributed by atoms with Gasteiger partial charge >= 0.3 is 5.97 Å². The van der Waals surface area contributed by atoms with E-state index in [1.807, 2.05) is 0 Å². The van der Waals surface area contributed by atoms with Crippen LogP contribution < -0.4 is 4.72 Å². The fourth-order valence-electron chi connectivity index (χ4n) is 1.66. The highest BCUT2D eigenvalue weighted by atomic mass is 35.5. The Bertz CT molecular complexity index is 1050. The lowest BCUT2D eigenvalue weighted by Crippen LogP contribution is -2.34. The van der Waals surface area contributed by atoms with Gasteiger partial charge < -0.3 is 4.74 Å². The standard InChI is InChI=1S/C15H17ClFNO4S/c1-2-22-15(19)11-5-3-4-6-14(11)23(20,21)18-13-8-7-10(17)9-12(13)16/h5,7-9,14,18H,2-4,6H2,1H3/t14-/m1/s1/i4D2,6D2,7D,8D,9D,14D. The van der Waals surface area contributed by atoms with Crippen molar-refractivity contribution in [2.45, 2.75) is 31.3 Å². The summed E-state index contributed by atoms with van der Waals surface area (Å²) in [5, 5.41) is -4.57. The summed E-state index contributed by atoms with van der Waals surface area (Å²) < 4.78 is 110. The average Bonchev–Trinajstić information content (AvgIpc) is 2.67. The van der Waals surface area contributed by atoms with Crippen LogP contribution in [-0.4, -0.2) is 26.2 Å². The third kappa shape index (κ3) is 4.23. The van der Waals surface area contributed by atoms with Crippen LogP contribution in [0.25, 0.3) is 0 Å². The van der Waals surface area contributed by atoms with Gasteiger partial charge in [-0.3, -0.25) is 4.72 Å². The van der Waals surface area contributed by atoms with Gasteiger partial charge in [-0.05, 0) is 44.2 Å². The molecule has 1 aliphatic carbocycles. The van der Waals surface area contributed by atoms with Gasteiger partial charge in [-0.2, -0.15) is 0 Å². The van der Waals surface area contributed by atoms with Gasteiger partial charge in [0.05, 0.1) is 28.4 Å². The van der Waals surface area contributed by atoms with Crippen molar-refractivity contribution < 1.29 is 33.3 Å². The Labute approximate surface area is 150 Å². The van der Waals surface area contributed by atoms with E-state index < -0.39 is 80.6 Å². The first kappa shape index (κ1) is 9.64. The molecule has 0 aromatic heterocycles. The average molecular weight is 370 g/mol. The summed E-state index contributed by atoms with van der Waals surface area (Å²) in [6.45, 7) is 1.13. The zero-order chi connectivity index (χ0) is 24.2. The lowest BCUT2D eigenvalue weighted by Gasteiger charge is -2.24. The Kier molecular flexibility index (Phi) is 3.06. The largest absolute Gasteiger partial charge is 0.463 e. The summed E-state index contributed by atoms with van der Waals surface area (Å²) in [6.07, 6.45) is -6.44. The fraction of sp³-hybridized carbons (Fsp3) is 0.400. The lowest BCUT2D eigenvalue weighted by molar-refractivity contribution is -0.138. The van der Waals surface area contributed by atoms with E-state index in [0.717, 1.165) is 6.08 Å². The summed E-state index contributed by atoms with van der Waals surface area (Å²) in [4.78, 5) is 12.3. The van der Waals surface area contributed by atoms with E-state index in [1.165, 1.54) is 6.92 Å². The third-order valence-corrected chi connectivity index (χ3v) is 4.21. The van der Waals surface area contributed by atoms with Crippen LogP contribution in [0.4, 0.5) is 10.1 Å². The first-order valence-electron chi connectivity index (χ1n) is 10.3. The van der Waals surface area contributed by atoms with Gasteiger partial charge in [0, 0.05) is 5.48 Å². The first-order valence-corrected chi connectivity index (χ1v) is 8.19. The SMILES string of the molecule is [2H]c1c([2H])c(NS(=O)(=O)[C@@]2([2H])C(C(=O)OCC)=CCC([2H])([2H])C2([2H])[2H])c(Cl)c([2H])c1F. The van der Waals surface area contributed by atoms with Gasteiger partial charge in [0.1, 0.15) is 11.0 Å². The van der Waals surface area contributed by atoms with Crippen molar-refractivity contribution in [3.8, 4) is 0 Å². The summed E-state index contributed by atoms with van der Waals surface area (Å²) in [6, 6.07) is -3.41. The molecule has 2 rings (SSSR count). The number of halogens is 2. The zero-order valence-electron chi connectivity index (χ0n) is 19.8. The van der Waals surface area contributed by atoms with Gasteiger partial charge in [0.25, 0.3) is 0 Å². The minimum absolute atomic E-state index is 0.249. The van der Waals surface area contributed by atoms with Gasteiger partial charge in [-0.15, -0.1) is 0 Å². The molecule has 0 fully saturated rings. The molecule has 0 heterocycles. The van der Waals surface area contributed by atoms with Crippen LogP contribution in [-0.2, 0) is 19.6 Å². The highest BCUT2D eigenvalue weighted by molar-refractivity contribution is 7.93. The number of allylic oxidation sites excluding steroid dienone is 1. The predicted molar refractivity (Wildman–Crippen MR) is 86.3 cm³/mol. The molecule has 0 saturated heterocycles. The minimum atomic E-state index is -5.48. The molecular formula is C15H17ClFNO4S. The number of carbonyl (C=O) groups excluding carboxylic acids is 1. The maximum atomic E-state index is 13.8. The van der Waals surface area contributed by atoms with Crippen LogP contribution in [0.3, 0.4) is 0 Å². The minimum Gasteiger partial charge on any atom is -0.463 e. The zero-order valence-corrected chi connectivity index (χ0v) is 13.4. The van der Waals surface area contributed by atoms with Gasteiger partial charge in [-0.25, -0.2) is 17.6 Å². The molecule has 1 N–H and O–H groups in total. The molecule has 0 amide bonds. The van der Waals surface area contributed by atoms with E-state index in [-0.39, 0.29) is 6.61 Å². The molecule has 126 valence electrons. The van der Waals surface area contributed by atoms with Gasteiger partial charge in [0.2, 0.25) is 10.0 Å². The number of anilines is 1. The van der Waals surface area contributed by atoms with Crippen molar-refractivity contribution in [3.63, 3.8) is 0 Å². The molecule has 0 bridgehead atoms. The Hall–Kier alpha value is -1.60. The van der Waals surface area contributed by atoms with Crippen molar-refractivity contribution in [3.05, 3.63) is 40.6 Å². The number of hydrogen-bond acceptors (Lipinski definition) is 4. The van der Waals surface area contributed by atoms with Crippen molar-refractivity contribution in [1.82, 2.24) is 0 Å². The van der Waals surface area contributed by atoms with E-state index in [2.05, 4.69) is 0 Å². The monoisotopic (exact) mass is 369 g/mol. The molecule has 1 atom stereocenters. The van der Waals surface area contributed by atoms with E-state index in [4.69, 9.17) is 27.3 Å². The van der Waals surface area contributed by atoms with Crippen molar-refractivity contribution in [2.24, 2.45) is 0 Å². The maximum Gasteiger partial charge on any atom is 0.335 e. The highest BCUT2D eigenvalue weighted by Crippen LogP contribution is 2.30. The van der Waals surface area contributed by atoms with E-state index in [1.54, 1.807) is 4.72 Å². The van der Waals surface area contributed by atoms with Crippen LogP contribution in [0.5, 0.6) is 0 Å². The predicted octanol–water partition coefficient (Wildman–Crippen LogP) is 3.26. The molecule has 0 radical (unpaired) electrons. The molecule has 1 aliphatic rings. The second-order valence-electron chi connectivity index (χ2n) is 4.16. The van der Waals surface area contributed by atoms with Gasteiger partial charge in [0.15, 0.2) is 0 Å². The van der Waals surface area contributed by atoms with Crippen LogP contribution in [0.1, 0.15) is 37.1 Å². The quantitative estimate of drug-likeness (QED) is 0.808. The van der Waals surface area contributed by atoms with Crippen LogP contribution in [0.15, 0.2) is 29.8 Å². The molecule has 0 saturated carbocycles. The van der Waals surface area contributed by atoms with Crippen LogP contribution >= 0.6 is 11.6 Å². The molecule has 0 aliphatic heterocycles. The number of rotatable bonds is 5. The van der Waals surface area contributed by atoms with Crippen molar-refractivity contribution >= 4 is 33.3 Å². The molecular weight excluding hydrogens is 345 g/mol. The van der Waals surface area contributed by atoms with Crippen LogP contribution in [0, 0.1) is 5.82 Å². The number of carbonyl (C=O) groups is 1. The Morgan fingerprint density at radius 2 is 2.39 bits per heavy atom. The topological polar surface area (TPSA) is 72.5 Å². The Morgan fingerprint density at radius 3 is 3.09 bits per heavy atom. The van der Waals surface area contributed by atoms with Crippen LogP contribution in [0.2, 0.25) is 5.02 Å². The Balaban J connectivity index is 2.79. The summed E-state index contributed by atoms with van der Waals surface area (Å²) >= 11 is 5.75. The van der Waals surface area contributed by atoms with E-state index in [0.29, 0.717) is 0 Å². The maximum absolute atomic E-state index is 13.8. The first-order chi connectivity index (χ1) is 14.0. The molecule has 5 nitrogen and oxygen atoms in total. The van der Waals surface area contributed by atoms with E-state index >= 15 is 0 Å². The smallest absolute Gasteiger partial charge is 0.335 e. The summed E-state index contributed by atoms with van der Waals surface area (Å²) in [5.41, 5.74) is -2.00. The third-order valence-electron chi connectivity index (χ3n) is 2.59. The summed E-state index contributed by atoms with van der Waals surface area (Å²) in [7, 11) is -5.48. The molecule has 0 unspecified atom stereocenters. The number of esters is 1. The van der Waals surface area contributed by atoms with Crippen molar-refractivity contribution in [1.29, 1.82) is 0 Å². The number of nitrogens with one attached hydrogen (secondary N) is 1. The van der Waals surface area contributed by atoms with E-state index in [9.17, 15) is 17.6 Å². The molecule has 23 heavy (non-hydrogen) atoms. The normalized spacial score (nSPS) is 30.8. The molecule has 1 aromatic carbocycles. The Morgan fingerprint density at radius 1 is 1.65 bits per heavy atom. The summed E-state index contributed by atoms with van der Waals surface area (Å²) in [5.74, 6) is -2.88. The molecule has 1 aromatic rings.